The third-order valence-electron chi connectivity index (χ3n) is 8.91. The van der Waals surface area contributed by atoms with Gasteiger partial charge in [0.05, 0.1) is 39.4 Å². The number of ether oxygens (including phenoxy) is 4. The lowest BCUT2D eigenvalue weighted by molar-refractivity contribution is -0.0930. The van der Waals surface area contributed by atoms with E-state index in [0.717, 1.165) is 41.4 Å². The second kappa shape index (κ2) is 13.6. The molecule has 0 amide bonds. The van der Waals surface area contributed by atoms with E-state index in [1.807, 2.05) is 72.2 Å². The zero-order valence-electron chi connectivity index (χ0n) is 26.5. The van der Waals surface area contributed by atoms with Crippen molar-refractivity contribution in [2.75, 3.05) is 40.0 Å². The average Bonchev–Trinajstić information content (AvgIpc) is 3.74. The third-order valence-corrected chi connectivity index (χ3v) is 8.91. The first-order valence-electron chi connectivity index (χ1n) is 15.9. The number of hydrogen-bond donors (Lipinski definition) is 1. The number of rotatable bonds is 9. The smallest absolute Gasteiger partial charge is 0.185 e. The number of methoxy groups -OCH3 is 1. The largest absolute Gasteiger partial charge is 0.497 e. The summed E-state index contributed by atoms with van der Waals surface area (Å²) in [5, 5.41) is 11.3. The molecule has 0 spiro atoms. The number of aromatic nitrogens is 4. The number of imidazole rings is 1. The van der Waals surface area contributed by atoms with E-state index in [-0.39, 0.29) is 6.61 Å². The van der Waals surface area contributed by atoms with Crippen molar-refractivity contribution in [1.29, 1.82) is 0 Å². The van der Waals surface area contributed by atoms with Crippen LogP contribution in [0.15, 0.2) is 103 Å². The topological polar surface area (TPSA) is 116 Å². The molecule has 0 aliphatic carbocycles. The third kappa shape index (κ3) is 6.10. The van der Waals surface area contributed by atoms with E-state index in [1.54, 1.807) is 13.4 Å². The quantitative estimate of drug-likeness (QED) is 0.138. The van der Waals surface area contributed by atoms with Crippen LogP contribution in [0.4, 0.5) is 5.82 Å². The molecule has 0 bridgehead atoms. The molecular formula is C36H38N6O5. The van der Waals surface area contributed by atoms with Gasteiger partial charge in [0.2, 0.25) is 0 Å². The molecule has 2 saturated heterocycles. The first kappa shape index (κ1) is 30.9. The summed E-state index contributed by atoms with van der Waals surface area (Å²) in [6.45, 7) is 5.00. The predicted octanol–water partition coefficient (Wildman–Crippen LogP) is 4.87. The summed E-state index contributed by atoms with van der Waals surface area (Å²) in [7, 11) is 1.65. The molecule has 5 aromatic rings. The fraction of sp³-hybridized carbons (Fsp3) is 0.333. The molecule has 1 N–H and O–H groups in total. The highest BCUT2D eigenvalue weighted by molar-refractivity contribution is 5.88. The number of amidine groups is 1. The van der Waals surface area contributed by atoms with Crippen LogP contribution < -0.4 is 4.74 Å². The number of hydrogen-bond acceptors (Lipinski definition) is 9. The molecule has 3 aromatic carbocycles. The van der Waals surface area contributed by atoms with Crippen LogP contribution in [0.1, 0.15) is 36.3 Å². The van der Waals surface area contributed by atoms with Gasteiger partial charge in [0.25, 0.3) is 0 Å². The highest BCUT2D eigenvalue weighted by atomic mass is 16.6. The van der Waals surface area contributed by atoms with Crippen LogP contribution in [-0.4, -0.2) is 87.6 Å². The molecule has 242 valence electrons. The Hall–Kier alpha value is -4.68. The summed E-state index contributed by atoms with van der Waals surface area (Å²) in [4.78, 5) is 20.5. The van der Waals surface area contributed by atoms with E-state index < -0.39 is 24.0 Å². The van der Waals surface area contributed by atoms with Crippen LogP contribution in [0.3, 0.4) is 0 Å². The molecule has 11 heteroatoms. The fourth-order valence-electron chi connectivity index (χ4n) is 6.41. The monoisotopic (exact) mass is 634 g/mol. The molecular weight excluding hydrogens is 596 g/mol. The summed E-state index contributed by atoms with van der Waals surface area (Å²) < 4.78 is 26.2. The number of aliphatic hydroxyl groups is 1. The molecule has 0 saturated carbocycles. The molecule has 7 rings (SSSR count). The van der Waals surface area contributed by atoms with Crippen LogP contribution in [0.25, 0.3) is 11.2 Å². The maximum atomic E-state index is 11.3. The van der Waals surface area contributed by atoms with Crippen LogP contribution in [-0.2, 0) is 19.8 Å². The number of morpholine rings is 1. The summed E-state index contributed by atoms with van der Waals surface area (Å²) in [6, 6.07) is 28.1. The van der Waals surface area contributed by atoms with Gasteiger partial charge in [0.15, 0.2) is 17.0 Å². The minimum Gasteiger partial charge on any atom is -0.497 e. The van der Waals surface area contributed by atoms with Gasteiger partial charge in [0.1, 0.15) is 35.8 Å². The Morgan fingerprint density at radius 1 is 0.915 bits per heavy atom. The lowest BCUT2D eigenvalue weighted by atomic mass is 9.80. The van der Waals surface area contributed by atoms with Gasteiger partial charge < -0.3 is 29.0 Å². The number of aliphatic imine (C=N–C) groups is 1. The van der Waals surface area contributed by atoms with Crippen molar-refractivity contribution < 1.29 is 24.1 Å². The van der Waals surface area contributed by atoms with E-state index >= 15 is 0 Å². The van der Waals surface area contributed by atoms with Crippen molar-refractivity contribution in [3.63, 3.8) is 0 Å². The normalized spacial score (nSPS) is 20.5. The van der Waals surface area contributed by atoms with Gasteiger partial charge in [-0.15, -0.1) is 0 Å². The van der Waals surface area contributed by atoms with E-state index in [0.29, 0.717) is 36.6 Å². The van der Waals surface area contributed by atoms with Crippen molar-refractivity contribution in [2.24, 2.45) is 4.99 Å². The number of fused-ring (bicyclic) bond motifs is 1. The van der Waals surface area contributed by atoms with Crippen LogP contribution >= 0.6 is 0 Å². The summed E-state index contributed by atoms with van der Waals surface area (Å²) in [6.07, 6.45) is 1.63. The Labute approximate surface area is 273 Å². The van der Waals surface area contributed by atoms with Crippen molar-refractivity contribution >= 4 is 22.8 Å². The van der Waals surface area contributed by atoms with Gasteiger partial charge in [-0.25, -0.2) is 19.9 Å². The lowest BCUT2D eigenvalue weighted by Gasteiger charge is -2.37. The Balaban J connectivity index is 1.17. The van der Waals surface area contributed by atoms with Gasteiger partial charge in [-0.3, -0.25) is 4.57 Å². The molecule has 11 nitrogen and oxygen atoms in total. The van der Waals surface area contributed by atoms with Crippen LogP contribution in [0.5, 0.6) is 5.75 Å². The first-order chi connectivity index (χ1) is 23.1. The summed E-state index contributed by atoms with van der Waals surface area (Å²) in [5.74, 6) is 2.10. The molecule has 3 atom stereocenters. The minimum atomic E-state index is -0.976. The second-order valence-electron chi connectivity index (χ2n) is 11.7. The van der Waals surface area contributed by atoms with Crippen LogP contribution in [0.2, 0.25) is 0 Å². The zero-order chi connectivity index (χ0) is 32.2. The van der Waals surface area contributed by atoms with Crippen molar-refractivity contribution in [1.82, 2.24) is 24.4 Å². The number of nitrogens with zero attached hydrogens (tertiary/aromatic N) is 6. The molecule has 2 fully saturated rings. The van der Waals surface area contributed by atoms with Gasteiger partial charge in [-0.2, -0.15) is 0 Å². The van der Waals surface area contributed by atoms with E-state index in [1.165, 1.54) is 6.33 Å². The van der Waals surface area contributed by atoms with Crippen molar-refractivity contribution in [3.8, 4) is 5.75 Å². The summed E-state index contributed by atoms with van der Waals surface area (Å²) >= 11 is 0. The Kier molecular flexibility index (Phi) is 8.94. The lowest BCUT2D eigenvalue weighted by Crippen LogP contribution is -2.39. The maximum Gasteiger partial charge on any atom is 0.185 e. The van der Waals surface area contributed by atoms with Gasteiger partial charge in [-0.1, -0.05) is 72.8 Å². The summed E-state index contributed by atoms with van der Waals surface area (Å²) in [5.41, 5.74) is 3.03. The number of benzene rings is 3. The fourth-order valence-corrected chi connectivity index (χ4v) is 6.41. The predicted molar refractivity (Wildman–Crippen MR) is 177 cm³/mol. The maximum absolute atomic E-state index is 11.3. The van der Waals surface area contributed by atoms with Crippen LogP contribution in [0, 0.1) is 0 Å². The molecule has 47 heavy (non-hydrogen) atoms. The molecule has 1 unspecified atom stereocenters. The van der Waals surface area contributed by atoms with E-state index in [4.69, 9.17) is 23.9 Å². The zero-order valence-corrected chi connectivity index (χ0v) is 26.5. The van der Waals surface area contributed by atoms with Crippen molar-refractivity contribution in [3.05, 3.63) is 114 Å². The second-order valence-corrected chi connectivity index (χ2v) is 11.7. The van der Waals surface area contributed by atoms with E-state index in [9.17, 15) is 5.11 Å². The van der Waals surface area contributed by atoms with Gasteiger partial charge in [0, 0.05) is 19.5 Å². The Morgan fingerprint density at radius 2 is 1.57 bits per heavy atom. The first-order valence-corrected chi connectivity index (χ1v) is 15.9. The SMILES string of the molecule is COc1ccc(C(OC[C@H]2O[C@@H](n3cnc4c(N=C(C)N5CCOCC5)ncnc43)CC2O)(c2ccccc2)c2ccccc2)cc1. The molecule has 2 aromatic heterocycles. The molecule has 2 aliphatic rings. The molecule has 4 heterocycles. The highest BCUT2D eigenvalue weighted by Gasteiger charge is 2.42. The Bertz CT molecular complexity index is 1770. The number of aliphatic hydroxyl groups excluding tert-OH is 1. The average molecular weight is 635 g/mol. The van der Waals surface area contributed by atoms with E-state index in [2.05, 4.69) is 44.1 Å². The minimum absolute atomic E-state index is 0.128. The van der Waals surface area contributed by atoms with Crippen molar-refractivity contribution in [2.45, 2.75) is 37.4 Å². The molecule has 0 radical (unpaired) electrons. The molecule has 2 aliphatic heterocycles. The standard InChI is InChI=1S/C36H38N6O5/c1-25(41-17-19-45-20-18-41)40-34-33-35(38-23-37-34)42(24-39-33)32-21-30(43)31(47-32)22-46-36(26-9-5-3-6-10-26,27-11-7-4-8-12-27)28-13-15-29(44-2)16-14-28/h3-16,23-24,30-32,43H,17-22H2,1-2H3/t30?,31-,32-/m1/s1. The van der Waals surface area contributed by atoms with Gasteiger partial charge >= 0.3 is 0 Å². The Morgan fingerprint density at radius 3 is 2.23 bits per heavy atom. The highest BCUT2D eigenvalue weighted by Crippen LogP contribution is 2.42. The van der Waals surface area contributed by atoms with Gasteiger partial charge in [-0.05, 0) is 35.7 Å².